The number of rotatable bonds is 4. The highest BCUT2D eigenvalue weighted by Crippen LogP contribution is 2.17. The Kier molecular flexibility index (Phi) is 3.17. The van der Waals surface area contributed by atoms with E-state index in [2.05, 4.69) is 9.71 Å². The van der Waals surface area contributed by atoms with Gasteiger partial charge < -0.3 is 4.57 Å². The Labute approximate surface area is 101 Å². The highest BCUT2D eigenvalue weighted by molar-refractivity contribution is 7.89. The molecular weight excluding hydrogens is 238 g/mol. The number of imidazole rings is 1. The fourth-order valence-corrected chi connectivity index (χ4v) is 2.76. The lowest BCUT2D eigenvalue weighted by atomic mass is 10.3. The van der Waals surface area contributed by atoms with Gasteiger partial charge in [-0.2, -0.15) is 0 Å². The van der Waals surface area contributed by atoms with Gasteiger partial charge in [-0.25, -0.2) is 18.1 Å². The van der Waals surface area contributed by atoms with Crippen molar-refractivity contribution >= 4 is 21.1 Å². The predicted octanol–water partition coefficient (Wildman–Crippen LogP) is 1.26. The normalized spacial score (nSPS) is 12.1. The number of hydrogen-bond acceptors (Lipinski definition) is 3. The first-order valence-electron chi connectivity index (χ1n) is 5.45. The standard InChI is InChI=1S/C11H15N3O2S/c1-3-6-13-17(15,16)9-4-5-11-10(7-9)12-8-14(11)2/h4-5,7-8,13H,3,6H2,1-2H3. The van der Waals surface area contributed by atoms with E-state index in [-0.39, 0.29) is 4.90 Å². The second kappa shape index (κ2) is 4.46. The Hall–Kier alpha value is -1.40. The first-order valence-corrected chi connectivity index (χ1v) is 6.93. The van der Waals surface area contributed by atoms with Crippen LogP contribution in [0.4, 0.5) is 0 Å². The molecule has 17 heavy (non-hydrogen) atoms. The fraction of sp³-hybridized carbons (Fsp3) is 0.364. The minimum atomic E-state index is -3.40. The van der Waals surface area contributed by atoms with Gasteiger partial charge >= 0.3 is 0 Å². The van der Waals surface area contributed by atoms with Crippen LogP contribution in [0.2, 0.25) is 0 Å². The van der Waals surface area contributed by atoms with E-state index in [0.29, 0.717) is 12.1 Å². The van der Waals surface area contributed by atoms with Gasteiger partial charge in [-0.1, -0.05) is 6.92 Å². The molecule has 1 heterocycles. The number of nitrogens with zero attached hydrogens (tertiary/aromatic N) is 2. The van der Waals surface area contributed by atoms with Crippen LogP contribution >= 0.6 is 0 Å². The molecule has 0 amide bonds. The van der Waals surface area contributed by atoms with Crippen molar-refractivity contribution < 1.29 is 8.42 Å². The third kappa shape index (κ3) is 2.32. The SMILES string of the molecule is CCCNS(=O)(=O)c1ccc2c(c1)ncn2C. The maximum Gasteiger partial charge on any atom is 0.240 e. The number of sulfonamides is 1. The second-order valence-electron chi connectivity index (χ2n) is 3.90. The molecule has 2 rings (SSSR count). The molecule has 1 aromatic carbocycles. The first-order chi connectivity index (χ1) is 8.04. The number of fused-ring (bicyclic) bond motifs is 1. The maximum absolute atomic E-state index is 11.9. The lowest BCUT2D eigenvalue weighted by Crippen LogP contribution is -2.24. The molecule has 0 fully saturated rings. The molecule has 0 atom stereocenters. The molecule has 6 heteroatoms. The van der Waals surface area contributed by atoms with Gasteiger partial charge in [0.1, 0.15) is 0 Å². The number of aromatic nitrogens is 2. The van der Waals surface area contributed by atoms with Gasteiger partial charge in [0, 0.05) is 13.6 Å². The Morgan fingerprint density at radius 1 is 1.41 bits per heavy atom. The van der Waals surface area contributed by atoms with Crippen molar-refractivity contribution in [2.75, 3.05) is 6.54 Å². The zero-order chi connectivity index (χ0) is 12.5. The van der Waals surface area contributed by atoms with Gasteiger partial charge in [-0.05, 0) is 24.6 Å². The summed E-state index contributed by atoms with van der Waals surface area (Å²) in [7, 11) is -1.53. The highest BCUT2D eigenvalue weighted by Gasteiger charge is 2.14. The van der Waals surface area contributed by atoms with Crippen LogP contribution in [0.5, 0.6) is 0 Å². The molecule has 5 nitrogen and oxygen atoms in total. The van der Waals surface area contributed by atoms with Gasteiger partial charge in [0.25, 0.3) is 0 Å². The van der Waals surface area contributed by atoms with E-state index in [1.807, 2.05) is 18.5 Å². The zero-order valence-corrected chi connectivity index (χ0v) is 10.7. The van der Waals surface area contributed by atoms with Crippen LogP contribution in [0, 0.1) is 0 Å². The van der Waals surface area contributed by atoms with Crippen molar-refractivity contribution in [2.45, 2.75) is 18.2 Å². The lowest BCUT2D eigenvalue weighted by Gasteiger charge is -2.05. The maximum atomic E-state index is 11.9. The highest BCUT2D eigenvalue weighted by atomic mass is 32.2. The zero-order valence-electron chi connectivity index (χ0n) is 9.84. The van der Waals surface area contributed by atoms with Gasteiger partial charge in [0.2, 0.25) is 10.0 Å². The fourth-order valence-electron chi connectivity index (χ4n) is 1.60. The summed E-state index contributed by atoms with van der Waals surface area (Å²) in [6.07, 6.45) is 2.44. The molecule has 0 bridgehead atoms. The van der Waals surface area contributed by atoms with E-state index >= 15 is 0 Å². The smallest absolute Gasteiger partial charge is 0.240 e. The number of nitrogens with one attached hydrogen (secondary N) is 1. The monoisotopic (exact) mass is 253 g/mol. The van der Waals surface area contributed by atoms with Gasteiger partial charge in [-0.15, -0.1) is 0 Å². The van der Waals surface area contributed by atoms with E-state index in [9.17, 15) is 8.42 Å². The summed E-state index contributed by atoms with van der Waals surface area (Å²) >= 11 is 0. The predicted molar refractivity (Wildman–Crippen MR) is 66.2 cm³/mol. The lowest BCUT2D eigenvalue weighted by molar-refractivity contribution is 0.581. The van der Waals surface area contributed by atoms with Crippen LogP contribution < -0.4 is 4.72 Å². The summed E-state index contributed by atoms with van der Waals surface area (Å²) in [5.74, 6) is 0. The quantitative estimate of drug-likeness (QED) is 0.892. The van der Waals surface area contributed by atoms with Crippen molar-refractivity contribution in [3.8, 4) is 0 Å². The van der Waals surface area contributed by atoms with E-state index in [4.69, 9.17) is 0 Å². The Morgan fingerprint density at radius 3 is 2.88 bits per heavy atom. The molecule has 0 radical (unpaired) electrons. The van der Waals surface area contributed by atoms with Crippen LogP contribution in [0.3, 0.4) is 0 Å². The van der Waals surface area contributed by atoms with Crippen molar-refractivity contribution in [1.29, 1.82) is 0 Å². The molecule has 0 saturated carbocycles. The molecule has 0 aliphatic rings. The third-order valence-electron chi connectivity index (χ3n) is 2.55. The van der Waals surface area contributed by atoms with E-state index < -0.39 is 10.0 Å². The van der Waals surface area contributed by atoms with E-state index in [1.54, 1.807) is 24.5 Å². The molecule has 0 saturated heterocycles. The number of hydrogen-bond donors (Lipinski definition) is 1. The topological polar surface area (TPSA) is 64.0 Å². The molecule has 0 unspecified atom stereocenters. The summed E-state index contributed by atoms with van der Waals surface area (Å²) < 4.78 is 28.2. The first kappa shape index (κ1) is 12.1. The third-order valence-corrected chi connectivity index (χ3v) is 4.01. The van der Waals surface area contributed by atoms with Crippen molar-refractivity contribution in [1.82, 2.24) is 14.3 Å². The van der Waals surface area contributed by atoms with Gasteiger partial charge in [-0.3, -0.25) is 0 Å². The molecule has 0 aliphatic carbocycles. The Balaban J connectivity index is 2.42. The van der Waals surface area contributed by atoms with Crippen LogP contribution in [-0.4, -0.2) is 24.5 Å². The molecule has 0 spiro atoms. The van der Waals surface area contributed by atoms with Crippen LogP contribution in [0.25, 0.3) is 11.0 Å². The molecule has 1 N–H and O–H groups in total. The summed E-state index contributed by atoms with van der Waals surface area (Å²) in [4.78, 5) is 4.40. The molecular formula is C11H15N3O2S. The van der Waals surface area contributed by atoms with E-state index in [0.717, 1.165) is 11.9 Å². The minimum Gasteiger partial charge on any atom is -0.334 e. The largest absolute Gasteiger partial charge is 0.334 e. The van der Waals surface area contributed by atoms with Gasteiger partial charge in [0.05, 0.1) is 22.3 Å². The van der Waals surface area contributed by atoms with Crippen molar-refractivity contribution in [3.63, 3.8) is 0 Å². The van der Waals surface area contributed by atoms with Crippen molar-refractivity contribution in [2.24, 2.45) is 7.05 Å². The molecule has 92 valence electrons. The Morgan fingerprint density at radius 2 is 2.18 bits per heavy atom. The van der Waals surface area contributed by atoms with Crippen LogP contribution in [-0.2, 0) is 17.1 Å². The van der Waals surface area contributed by atoms with Crippen LogP contribution in [0.1, 0.15) is 13.3 Å². The summed E-state index contributed by atoms with van der Waals surface area (Å²) in [6.45, 7) is 2.37. The minimum absolute atomic E-state index is 0.261. The van der Waals surface area contributed by atoms with Gasteiger partial charge in [0.15, 0.2) is 0 Å². The summed E-state index contributed by atoms with van der Waals surface area (Å²) in [5.41, 5.74) is 1.60. The number of benzene rings is 1. The molecule has 2 aromatic rings. The van der Waals surface area contributed by atoms with Crippen molar-refractivity contribution in [3.05, 3.63) is 24.5 Å². The summed E-state index contributed by atoms with van der Waals surface area (Å²) in [6, 6.07) is 4.96. The second-order valence-corrected chi connectivity index (χ2v) is 5.67. The summed E-state index contributed by atoms with van der Waals surface area (Å²) in [5, 5.41) is 0. The number of aryl methyl sites for hydroxylation is 1. The van der Waals surface area contributed by atoms with Crippen LogP contribution in [0.15, 0.2) is 29.4 Å². The average molecular weight is 253 g/mol. The molecule has 1 aromatic heterocycles. The van der Waals surface area contributed by atoms with E-state index in [1.165, 1.54) is 0 Å². The Bertz CT molecular complexity index is 631. The molecule has 0 aliphatic heterocycles. The average Bonchev–Trinajstić information content (AvgIpc) is 2.68.